The van der Waals surface area contributed by atoms with E-state index in [1.165, 1.54) is 31.5 Å². The zero-order valence-corrected chi connectivity index (χ0v) is 18.3. The number of nitrogens with zero attached hydrogens (tertiary/aromatic N) is 3. The van der Waals surface area contributed by atoms with Gasteiger partial charge in [0.2, 0.25) is 0 Å². The van der Waals surface area contributed by atoms with Crippen LogP contribution in [0.15, 0.2) is 64.3 Å². The van der Waals surface area contributed by atoms with Crippen molar-refractivity contribution in [3.05, 3.63) is 86.0 Å². The summed E-state index contributed by atoms with van der Waals surface area (Å²) in [6.07, 6.45) is 2.66. The number of ether oxygens (including phenoxy) is 2. The summed E-state index contributed by atoms with van der Waals surface area (Å²) in [5.41, 5.74) is 4.14. The van der Waals surface area contributed by atoms with Gasteiger partial charge in [0.05, 0.1) is 23.8 Å². The molecule has 0 saturated heterocycles. The highest BCUT2D eigenvalue weighted by Crippen LogP contribution is 2.33. The molecule has 0 aliphatic carbocycles. The van der Waals surface area contributed by atoms with E-state index in [0.717, 1.165) is 6.20 Å². The van der Waals surface area contributed by atoms with Gasteiger partial charge in [0, 0.05) is 16.1 Å². The van der Waals surface area contributed by atoms with E-state index in [4.69, 9.17) is 14.6 Å². The SMILES string of the molecule is COc1cc(/C=N/Nc2ccc([N+](=O)[O-])cn2)c(Br)cc1OCc1cccc(C(=O)O)c1. The number of halogens is 1. The molecule has 0 bridgehead atoms. The van der Waals surface area contributed by atoms with E-state index in [-0.39, 0.29) is 17.9 Å². The summed E-state index contributed by atoms with van der Waals surface area (Å²) in [7, 11) is 1.50. The summed E-state index contributed by atoms with van der Waals surface area (Å²) in [5, 5.41) is 23.9. The number of carbonyl (C=O) groups is 1. The van der Waals surface area contributed by atoms with E-state index in [1.54, 1.807) is 30.3 Å². The van der Waals surface area contributed by atoms with Crippen molar-refractivity contribution in [1.82, 2.24) is 4.98 Å². The van der Waals surface area contributed by atoms with Gasteiger partial charge in [0.25, 0.3) is 5.69 Å². The van der Waals surface area contributed by atoms with Crippen molar-refractivity contribution < 1.29 is 24.3 Å². The quantitative estimate of drug-likeness (QED) is 0.249. The molecular formula is C21H17BrN4O6. The topological polar surface area (TPSA) is 136 Å². The Morgan fingerprint density at radius 2 is 2.09 bits per heavy atom. The summed E-state index contributed by atoms with van der Waals surface area (Å²) in [6.45, 7) is 0.157. The van der Waals surface area contributed by atoms with E-state index in [0.29, 0.717) is 32.9 Å². The van der Waals surface area contributed by atoms with Gasteiger partial charge in [0.1, 0.15) is 18.6 Å². The van der Waals surface area contributed by atoms with Crippen molar-refractivity contribution in [2.75, 3.05) is 12.5 Å². The molecule has 0 unspecified atom stereocenters. The Hall–Kier alpha value is -3.99. The van der Waals surface area contributed by atoms with Crippen LogP contribution in [-0.4, -0.2) is 34.3 Å². The van der Waals surface area contributed by atoms with Crippen LogP contribution in [0.3, 0.4) is 0 Å². The van der Waals surface area contributed by atoms with Crippen LogP contribution in [0.2, 0.25) is 0 Å². The number of aromatic carboxylic acids is 1. The third kappa shape index (κ3) is 5.79. The van der Waals surface area contributed by atoms with Crippen LogP contribution in [-0.2, 0) is 6.61 Å². The fourth-order valence-corrected chi connectivity index (χ4v) is 3.03. The largest absolute Gasteiger partial charge is 0.493 e. The lowest BCUT2D eigenvalue weighted by molar-refractivity contribution is -0.385. The Morgan fingerprint density at radius 1 is 1.28 bits per heavy atom. The zero-order chi connectivity index (χ0) is 23.1. The molecule has 2 N–H and O–H groups in total. The van der Waals surface area contributed by atoms with Crippen LogP contribution in [0.4, 0.5) is 11.5 Å². The molecule has 164 valence electrons. The number of carboxylic acid groups (broad SMARTS) is 1. The Morgan fingerprint density at radius 3 is 2.75 bits per heavy atom. The molecular weight excluding hydrogens is 484 g/mol. The second-order valence-corrected chi connectivity index (χ2v) is 7.20. The van der Waals surface area contributed by atoms with Gasteiger partial charge >= 0.3 is 5.97 Å². The Balaban J connectivity index is 1.70. The van der Waals surface area contributed by atoms with Crippen LogP contribution in [0.25, 0.3) is 0 Å². The first kappa shape index (κ1) is 22.7. The monoisotopic (exact) mass is 500 g/mol. The van der Waals surface area contributed by atoms with Gasteiger partial charge in [-0.25, -0.2) is 9.78 Å². The molecule has 0 amide bonds. The number of aromatic nitrogens is 1. The highest BCUT2D eigenvalue weighted by atomic mass is 79.9. The van der Waals surface area contributed by atoms with Crippen molar-refractivity contribution >= 4 is 39.6 Å². The van der Waals surface area contributed by atoms with E-state index >= 15 is 0 Å². The summed E-state index contributed by atoms with van der Waals surface area (Å²) >= 11 is 3.46. The number of rotatable bonds is 9. The third-order valence-corrected chi connectivity index (χ3v) is 4.88. The molecule has 0 spiro atoms. The maximum atomic E-state index is 11.1. The minimum atomic E-state index is -1.01. The first-order valence-corrected chi connectivity index (χ1v) is 9.88. The molecule has 0 fully saturated rings. The van der Waals surface area contributed by atoms with Crippen molar-refractivity contribution in [3.8, 4) is 11.5 Å². The highest BCUT2D eigenvalue weighted by molar-refractivity contribution is 9.10. The average molecular weight is 501 g/mol. The molecule has 11 heteroatoms. The van der Waals surface area contributed by atoms with Gasteiger partial charge in [-0.3, -0.25) is 15.5 Å². The van der Waals surface area contributed by atoms with Gasteiger partial charge < -0.3 is 14.6 Å². The molecule has 0 aliphatic heterocycles. The molecule has 32 heavy (non-hydrogen) atoms. The lowest BCUT2D eigenvalue weighted by Gasteiger charge is -2.13. The Bertz CT molecular complexity index is 1170. The molecule has 0 aliphatic rings. The van der Waals surface area contributed by atoms with Crippen molar-refractivity contribution in [3.63, 3.8) is 0 Å². The number of methoxy groups -OCH3 is 1. The lowest BCUT2D eigenvalue weighted by atomic mass is 10.1. The molecule has 1 heterocycles. The molecule has 1 aromatic heterocycles. The normalized spacial score (nSPS) is 10.7. The minimum absolute atomic E-state index is 0.114. The smallest absolute Gasteiger partial charge is 0.335 e. The molecule has 0 radical (unpaired) electrons. The van der Waals surface area contributed by atoms with Gasteiger partial charge in [-0.2, -0.15) is 5.10 Å². The molecule has 0 atom stereocenters. The number of hydrogen-bond donors (Lipinski definition) is 2. The summed E-state index contributed by atoms with van der Waals surface area (Å²) in [4.78, 5) is 25.2. The minimum Gasteiger partial charge on any atom is -0.493 e. The van der Waals surface area contributed by atoms with E-state index < -0.39 is 10.9 Å². The second-order valence-electron chi connectivity index (χ2n) is 6.35. The Labute approximate surface area is 190 Å². The van der Waals surface area contributed by atoms with E-state index in [2.05, 4.69) is 31.4 Å². The van der Waals surface area contributed by atoms with Gasteiger partial charge in [-0.1, -0.05) is 12.1 Å². The van der Waals surface area contributed by atoms with Gasteiger partial charge in [-0.15, -0.1) is 0 Å². The number of hydrazone groups is 1. The lowest BCUT2D eigenvalue weighted by Crippen LogP contribution is -2.02. The molecule has 2 aromatic carbocycles. The maximum Gasteiger partial charge on any atom is 0.335 e. The maximum absolute atomic E-state index is 11.1. The molecule has 3 aromatic rings. The van der Waals surface area contributed by atoms with Crippen molar-refractivity contribution in [1.29, 1.82) is 0 Å². The fraction of sp³-hybridized carbons (Fsp3) is 0.0952. The van der Waals surface area contributed by atoms with E-state index in [9.17, 15) is 14.9 Å². The second kappa shape index (κ2) is 10.4. The number of pyridine rings is 1. The van der Waals surface area contributed by atoms with Crippen LogP contribution in [0, 0.1) is 10.1 Å². The summed E-state index contributed by atoms with van der Waals surface area (Å²) in [5.74, 6) is 0.256. The highest BCUT2D eigenvalue weighted by Gasteiger charge is 2.11. The molecule has 10 nitrogen and oxygen atoms in total. The average Bonchev–Trinajstić information content (AvgIpc) is 2.79. The third-order valence-electron chi connectivity index (χ3n) is 4.19. The fourth-order valence-electron chi connectivity index (χ4n) is 2.61. The number of anilines is 1. The standard InChI is InChI=1S/C21H17BrN4O6/c1-31-18-8-15(10-24-25-20-6-5-16(11-23-20)26(29)30)17(22)9-19(18)32-12-13-3-2-4-14(7-13)21(27)28/h2-11H,12H2,1H3,(H,23,25)(H,27,28)/b24-10+. The van der Waals surface area contributed by atoms with Crippen LogP contribution < -0.4 is 14.9 Å². The van der Waals surface area contributed by atoms with Crippen LogP contribution >= 0.6 is 15.9 Å². The van der Waals surface area contributed by atoms with E-state index in [1.807, 2.05) is 0 Å². The van der Waals surface area contributed by atoms with Crippen molar-refractivity contribution in [2.24, 2.45) is 5.10 Å². The number of nitro groups is 1. The summed E-state index contributed by atoms with van der Waals surface area (Å²) < 4.78 is 11.9. The number of carboxylic acids is 1. The van der Waals surface area contributed by atoms with Crippen LogP contribution in [0.5, 0.6) is 11.5 Å². The molecule has 0 saturated carbocycles. The predicted octanol–water partition coefficient (Wildman–Crippen LogP) is 4.48. The van der Waals surface area contributed by atoms with Gasteiger partial charge in [-0.05, 0) is 51.8 Å². The number of benzene rings is 2. The zero-order valence-electron chi connectivity index (χ0n) is 16.7. The first-order valence-electron chi connectivity index (χ1n) is 9.09. The van der Waals surface area contributed by atoms with Crippen molar-refractivity contribution in [2.45, 2.75) is 6.61 Å². The number of hydrogen-bond acceptors (Lipinski definition) is 8. The van der Waals surface area contributed by atoms with Gasteiger partial charge in [0.15, 0.2) is 11.5 Å². The van der Waals surface area contributed by atoms with Crippen LogP contribution in [0.1, 0.15) is 21.5 Å². The predicted molar refractivity (Wildman–Crippen MR) is 121 cm³/mol. The summed E-state index contributed by atoms with van der Waals surface area (Å²) in [6, 6.07) is 12.7. The molecule has 3 rings (SSSR count). The number of nitrogens with one attached hydrogen (secondary N) is 1. The Kier molecular flexibility index (Phi) is 7.34. The first-order chi connectivity index (χ1) is 15.4.